The predicted octanol–water partition coefficient (Wildman–Crippen LogP) is 3.34. The lowest BCUT2D eigenvalue weighted by Gasteiger charge is -2.08. The third-order valence-electron chi connectivity index (χ3n) is 3.49. The van der Waals surface area contributed by atoms with Gasteiger partial charge in [0.05, 0.1) is 5.56 Å². The molecule has 0 saturated heterocycles. The van der Waals surface area contributed by atoms with Gasteiger partial charge in [-0.2, -0.15) is 0 Å². The van der Waals surface area contributed by atoms with E-state index in [9.17, 15) is 4.79 Å². The summed E-state index contributed by atoms with van der Waals surface area (Å²) in [4.78, 5) is 16.7. The monoisotopic (exact) mass is 335 g/mol. The van der Waals surface area contributed by atoms with Crippen molar-refractivity contribution >= 4 is 17.2 Å². The van der Waals surface area contributed by atoms with Crippen LogP contribution in [0, 0.1) is 19.8 Å². The summed E-state index contributed by atoms with van der Waals surface area (Å²) in [7, 11) is 0. The highest BCUT2D eigenvalue weighted by molar-refractivity contribution is 7.12. The van der Waals surface area contributed by atoms with Gasteiger partial charge in [-0.05, 0) is 32.3 Å². The van der Waals surface area contributed by atoms with E-state index in [1.54, 1.807) is 17.5 Å². The Balaban J connectivity index is 1.89. The van der Waals surface area contributed by atoms with Gasteiger partial charge in [-0.3, -0.25) is 9.36 Å². The second-order valence-corrected chi connectivity index (χ2v) is 6.89. The molecule has 0 bridgehead atoms. The molecule has 5 nitrogen and oxygen atoms in total. The van der Waals surface area contributed by atoms with Crippen LogP contribution in [-0.2, 0) is 4.74 Å². The van der Waals surface area contributed by atoms with Crippen molar-refractivity contribution in [1.82, 2.24) is 14.9 Å². The molecule has 0 aliphatic heterocycles. The van der Waals surface area contributed by atoms with Crippen molar-refractivity contribution in [2.45, 2.75) is 34.1 Å². The minimum Gasteiger partial charge on any atom is -0.381 e. The van der Waals surface area contributed by atoms with Gasteiger partial charge in [0.25, 0.3) is 5.91 Å². The average Bonchev–Trinajstić information content (AvgIpc) is 3.10. The number of thiazole rings is 1. The van der Waals surface area contributed by atoms with Gasteiger partial charge >= 0.3 is 0 Å². The highest BCUT2D eigenvalue weighted by Crippen LogP contribution is 2.22. The van der Waals surface area contributed by atoms with Gasteiger partial charge in [-0.1, -0.05) is 13.8 Å². The summed E-state index contributed by atoms with van der Waals surface area (Å²) < 4.78 is 7.54. The summed E-state index contributed by atoms with van der Waals surface area (Å²) in [6.07, 6.45) is 2.60. The first kappa shape index (κ1) is 17.7. The van der Waals surface area contributed by atoms with Crippen LogP contribution in [0.15, 0.2) is 17.6 Å². The second-order valence-electron chi connectivity index (χ2n) is 6.01. The average molecular weight is 335 g/mol. The molecule has 0 aliphatic rings. The Kier molecular flexibility index (Phi) is 6.36. The number of rotatable bonds is 8. The first-order valence-electron chi connectivity index (χ1n) is 7.95. The number of aromatic nitrogens is 2. The maximum Gasteiger partial charge on any atom is 0.253 e. The fraction of sp³-hybridized carbons (Fsp3) is 0.529. The Bertz CT molecular complexity index is 633. The zero-order valence-corrected chi connectivity index (χ0v) is 15.1. The third-order valence-corrected chi connectivity index (χ3v) is 4.25. The van der Waals surface area contributed by atoms with Crippen molar-refractivity contribution < 1.29 is 9.53 Å². The summed E-state index contributed by atoms with van der Waals surface area (Å²) in [5, 5.41) is 5.79. The minimum absolute atomic E-state index is 0.0373. The topological polar surface area (TPSA) is 56.1 Å². The quantitative estimate of drug-likeness (QED) is 0.753. The molecular weight excluding hydrogens is 310 g/mol. The molecular formula is C17H25N3O2S. The maximum absolute atomic E-state index is 12.4. The molecule has 6 heteroatoms. The molecule has 2 aromatic rings. The summed E-state index contributed by atoms with van der Waals surface area (Å²) in [5.74, 6) is 0.505. The number of carbonyl (C=O) groups excluding carboxylic acids is 1. The van der Waals surface area contributed by atoms with Gasteiger partial charge in [-0.15, -0.1) is 11.3 Å². The second kappa shape index (κ2) is 8.26. The summed E-state index contributed by atoms with van der Waals surface area (Å²) in [6.45, 7) is 10.3. The Morgan fingerprint density at radius 1 is 1.43 bits per heavy atom. The van der Waals surface area contributed by atoms with Gasteiger partial charge in [0.2, 0.25) is 0 Å². The number of aryl methyl sites for hydroxylation is 1. The Hall–Kier alpha value is -1.66. The Morgan fingerprint density at radius 2 is 2.22 bits per heavy atom. The van der Waals surface area contributed by atoms with E-state index in [1.807, 2.05) is 29.9 Å². The third kappa shape index (κ3) is 4.65. The molecule has 0 radical (unpaired) electrons. The van der Waals surface area contributed by atoms with Gasteiger partial charge in [0.1, 0.15) is 0 Å². The lowest BCUT2D eigenvalue weighted by molar-refractivity contribution is 0.0924. The summed E-state index contributed by atoms with van der Waals surface area (Å²) in [6, 6.07) is 1.92. The molecule has 1 amide bonds. The number of nitrogens with zero attached hydrogens (tertiary/aromatic N) is 2. The largest absolute Gasteiger partial charge is 0.381 e. The molecule has 0 spiro atoms. The van der Waals surface area contributed by atoms with E-state index >= 15 is 0 Å². The van der Waals surface area contributed by atoms with Crippen LogP contribution in [0.4, 0.5) is 0 Å². The number of ether oxygens (including phenoxy) is 1. The van der Waals surface area contributed by atoms with Gasteiger partial charge in [-0.25, -0.2) is 4.98 Å². The predicted molar refractivity (Wildman–Crippen MR) is 93.5 cm³/mol. The van der Waals surface area contributed by atoms with E-state index in [-0.39, 0.29) is 5.91 Å². The highest BCUT2D eigenvalue weighted by atomic mass is 32.1. The van der Waals surface area contributed by atoms with E-state index in [1.165, 1.54) is 0 Å². The maximum atomic E-state index is 12.4. The summed E-state index contributed by atoms with van der Waals surface area (Å²) in [5.41, 5.74) is 2.65. The smallest absolute Gasteiger partial charge is 0.253 e. The van der Waals surface area contributed by atoms with Crippen LogP contribution >= 0.6 is 11.3 Å². The SMILES string of the molecule is Cc1cc(C(=O)NCCCOCC(C)C)c(C)n1-c1nccs1. The number of amides is 1. The van der Waals surface area contributed by atoms with E-state index in [4.69, 9.17) is 4.74 Å². The van der Waals surface area contributed by atoms with E-state index in [2.05, 4.69) is 24.1 Å². The van der Waals surface area contributed by atoms with Crippen molar-refractivity contribution in [3.05, 3.63) is 34.6 Å². The van der Waals surface area contributed by atoms with Crippen molar-refractivity contribution in [3.63, 3.8) is 0 Å². The molecule has 126 valence electrons. The molecule has 2 heterocycles. The van der Waals surface area contributed by atoms with Crippen LogP contribution < -0.4 is 5.32 Å². The van der Waals surface area contributed by atoms with Gasteiger partial charge in [0.15, 0.2) is 5.13 Å². The number of hydrogen-bond donors (Lipinski definition) is 1. The fourth-order valence-corrected chi connectivity index (χ4v) is 3.16. The van der Waals surface area contributed by atoms with Crippen molar-refractivity contribution in [2.75, 3.05) is 19.8 Å². The first-order valence-corrected chi connectivity index (χ1v) is 8.83. The van der Waals surface area contributed by atoms with Gasteiger partial charge < -0.3 is 10.1 Å². The molecule has 1 N–H and O–H groups in total. The van der Waals surface area contributed by atoms with Crippen LogP contribution in [0.25, 0.3) is 5.13 Å². The Morgan fingerprint density at radius 3 is 2.87 bits per heavy atom. The molecule has 0 aliphatic carbocycles. The van der Waals surface area contributed by atoms with Crippen molar-refractivity contribution in [3.8, 4) is 5.13 Å². The van der Waals surface area contributed by atoms with Crippen LogP contribution in [-0.4, -0.2) is 35.2 Å². The van der Waals surface area contributed by atoms with Crippen LogP contribution in [0.5, 0.6) is 0 Å². The lowest BCUT2D eigenvalue weighted by atomic mass is 10.2. The van der Waals surface area contributed by atoms with E-state index in [0.717, 1.165) is 29.5 Å². The molecule has 0 atom stereocenters. The van der Waals surface area contributed by atoms with E-state index < -0.39 is 0 Å². The number of carbonyl (C=O) groups is 1. The van der Waals surface area contributed by atoms with Crippen LogP contribution in [0.2, 0.25) is 0 Å². The zero-order valence-electron chi connectivity index (χ0n) is 14.3. The molecule has 0 saturated carbocycles. The van der Waals surface area contributed by atoms with Gasteiger partial charge in [0, 0.05) is 42.7 Å². The number of nitrogens with one attached hydrogen (secondary N) is 1. The van der Waals surface area contributed by atoms with Crippen LogP contribution in [0.1, 0.15) is 42.0 Å². The van der Waals surface area contributed by atoms with Crippen LogP contribution in [0.3, 0.4) is 0 Å². The molecule has 2 rings (SSSR count). The lowest BCUT2D eigenvalue weighted by Crippen LogP contribution is -2.25. The Labute approximate surface area is 141 Å². The normalized spacial score (nSPS) is 11.2. The summed E-state index contributed by atoms with van der Waals surface area (Å²) >= 11 is 1.56. The highest BCUT2D eigenvalue weighted by Gasteiger charge is 2.17. The number of hydrogen-bond acceptors (Lipinski definition) is 4. The molecule has 2 aromatic heterocycles. The van der Waals surface area contributed by atoms with E-state index in [0.29, 0.717) is 24.6 Å². The fourth-order valence-electron chi connectivity index (χ4n) is 2.40. The molecule has 0 aromatic carbocycles. The molecule has 0 unspecified atom stereocenters. The first-order chi connectivity index (χ1) is 11.0. The zero-order chi connectivity index (χ0) is 16.8. The van der Waals surface area contributed by atoms with Crippen molar-refractivity contribution in [1.29, 1.82) is 0 Å². The molecule has 23 heavy (non-hydrogen) atoms. The standard InChI is InChI=1S/C17H25N3O2S/c1-12(2)11-22-8-5-6-18-16(21)15-10-13(3)20(14(15)4)17-19-7-9-23-17/h7,9-10,12H,5-6,8,11H2,1-4H3,(H,18,21). The molecule has 0 fully saturated rings. The van der Waals surface area contributed by atoms with Crippen molar-refractivity contribution in [2.24, 2.45) is 5.92 Å². The minimum atomic E-state index is -0.0373.